The van der Waals surface area contributed by atoms with Crippen molar-refractivity contribution in [3.8, 4) is 5.75 Å². The van der Waals surface area contributed by atoms with Crippen molar-refractivity contribution in [2.45, 2.75) is 18.3 Å². The van der Waals surface area contributed by atoms with Gasteiger partial charge in [-0.15, -0.1) is 6.58 Å². The number of rotatable bonds is 4. The third-order valence-electron chi connectivity index (χ3n) is 2.25. The Morgan fingerprint density at radius 2 is 1.89 bits per heavy atom. The molecule has 0 saturated carbocycles. The molecule has 1 rings (SSSR count). The second-order valence-electron chi connectivity index (χ2n) is 3.55. The van der Waals surface area contributed by atoms with Gasteiger partial charge in [-0.2, -0.15) is 21.6 Å². The zero-order valence-corrected chi connectivity index (χ0v) is 10.3. The molecule has 0 fully saturated rings. The second kappa shape index (κ2) is 5.01. The fourth-order valence-electron chi connectivity index (χ4n) is 1.23. The lowest BCUT2D eigenvalue weighted by Crippen LogP contribution is -2.28. The smallest absolute Gasteiger partial charge is 0.376 e. The van der Waals surface area contributed by atoms with E-state index in [-0.39, 0.29) is 11.7 Å². The van der Waals surface area contributed by atoms with Crippen LogP contribution in [0.1, 0.15) is 18.4 Å². The molecule has 0 aliphatic heterocycles. The lowest BCUT2D eigenvalue weighted by Gasteiger charge is -2.14. The monoisotopic (exact) mass is 280 g/mol. The predicted octanol–water partition coefficient (Wildman–Crippen LogP) is 3.20. The van der Waals surface area contributed by atoms with E-state index in [2.05, 4.69) is 10.8 Å². The summed E-state index contributed by atoms with van der Waals surface area (Å²) in [4.78, 5) is 0. The van der Waals surface area contributed by atoms with Crippen molar-refractivity contribution in [1.29, 1.82) is 0 Å². The zero-order valence-electron chi connectivity index (χ0n) is 9.44. The van der Waals surface area contributed by atoms with Crippen LogP contribution in [0, 0.1) is 0 Å². The molecule has 0 unspecified atom stereocenters. The molecular weight excluding hydrogens is 269 g/mol. The minimum absolute atomic E-state index is 0.320. The molecule has 100 valence electrons. The number of halogens is 3. The van der Waals surface area contributed by atoms with Crippen LogP contribution in [0.5, 0.6) is 5.75 Å². The number of para-hydroxylation sites is 1. The summed E-state index contributed by atoms with van der Waals surface area (Å²) in [6, 6.07) is 5.61. The van der Waals surface area contributed by atoms with Gasteiger partial charge in [0, 0.05) is 11.5 Å². The van der Waals surface area contributed by atoms with Gasteiger partial charge in [0.15, 0.2) is 0 Å². The highest BCUT2D eigenvalue weighted by atomic mass is 32.2. The number of allylic oxidation sites excluding steroid dienone is 1. The Bertz CT molecular complexity index is 535. The minimum Gasteiger partial charge on any atom is -0.376 e. The van der Waals surface area contributed by atoms with Gasteiger partial charge in [0.25, 0.3) is 0 Å². The van der Waals surface area contributed by atoms with Crippen LogP contribution < -0.4 is 4.18 Å². The van der Waals surface area contributed by atoms with Gasteiger partial charge < -0.3 is 4.18 Å². The van der Waals surface area contributed by atoms with Crippen LogP contribution in [0.15, 0.2) is 36.9 Å². The number of alkyl halides is 3. The van der Waals surface area contributed by atoms with E-state index in [0.717, 1.165) is 0 Å². The van der Waals surface area contributed by atoms with Crippen molar-refractivity contribution < 1.29 is 25.8 Å². The van der Waals surface area contributed by atoms with E-state index in [1.807, 2.05) is 0 Å². The van der Waals surface area contributed by atoms with Gasteiger partial charge in [0.2, 0.25) is 0 Å². The zero-order chi connectivity index (χ0) is 14.0. The lowest BCUT2D eigenvalue weighted by atomic mass is 10.0. The summed E-state index contributed by atoms with van der Waals surface area (Å²) in [6.07, 6.45) is 1.47. The topological polar surface area (TPSA) is 43.4 Å². The van der Waals surface area contributed by atoms with E-state index < -0.39 is 15.6 Å². The molecule has 0 aromatic heterocycles. The third-order valence-corrected chi connectivity index (χ3v) is 3.21. The van der Waals surface area contributed by atoms with Crippen molar-refractivity contribution >= 4 is 10.1 Å². The van der Waals surface area contributed by atoms with Crippen LogP contribution in [-0.4, -0.2) is 13.9 Å². The van der Waals surface area contributed by atoms with Crippen molar-refractivity contribution in [3.05, 3.63) is 42.5 Å². The summed E-state index contributed by atoms with van der Waals surface area (Å²) in [5, 5.41) is 0. The van der Waals surface area contributed by atoms with Crippen molar-refractivity contribution in [2.75, 3.05) is 0 Å². The lowest BCUT2D eigenvalue weighted by molar-refractivity contribution is -0.0500. The average Bonchev–Trinajstić information content (AvgIpc) is 2.26. The molecule has 0 amide bonds. The molecule has 0 N–H and O–H groups in total. The summed E-state index contributed by atoms with van der Waals surface area (Å²) < 4.78 is 62.5. The number of hydrogen-bond acceptors (Lipinski definition) is 3. The standard InChI is InChI=1S/C11H11F3O3S/c1-3-8(2)9-6-4-5-7-10(9)17-18(15,16)11(12,13)14/h3-8H,1H2,2H3/t8-/m1/s1. The van der Waals surface area contributed by atoms with E-state index in [9.17, 15) is 21.6 Å². The maximum absolute atomic E-state index is 12.2. The molecule has 0 spiro atoms. The first-order chi connectivity index (χ1) is 8.19. The van der Waals surface area contributed by atoms with Crippen molar-refractivity contribution in [3.63, 3.8) is 0 Å². The Hall–Kier alpha value is -1.50. The van der Waals surface area contributed by atoms with E-state index in [1.165, 1.54) is 24.3 Å². The van der Waals surface area contributed by atoms with E-state index in [4.69, 9.17) is 0 Å². The molecule has 0 radical (unpaired) electrons. The molecule has 18 heavy (non-hydrogen) atoms. The highest BCUT2D eigenvalue weighted by molar-refractivity contribution is 7.88. The van der Waals surface area contributed by atoms with Gasteiger partial charge in [-0.1, -0.05) is 31.2 Å². The van der Waals surface area contributed by atoms with Crippen LogP contribution in [0.2, 0.25) is 0 Å². The maximum Gasteiger partial charge on any atom is 0.534 e. The Kier molecular flexibility index (Phi) is 4.05. The van der Waals surface area contributed by atoms with Crippen LogP contribution in [-0.2, 0) is 10.1 Å². The first-order valence-corrected chi connectivity index (χ1v) is 6.32. The van der Waals surface area contributed by atoms with Crippen molar-refractivity contribution in [1.82, 2.24) is 0 Å². The molecular formula is C11H11F3O3S. The van der Waals surface area contributed by atoms with E-state index in [1.54, 1.807) is 13.0 Å². The maximum atomic E-state index is 12.2. The van der Waals surface area contributed by atoms with Crippen molar-refractivity contribution in [2.24, 2.45) is 0 Å². The second-order valence-corrected chi connectivity index (χ2v) is 5.08. The summed E-state index contributed by atoms with van der Waals surface area (Å²) in [6.45, 7) is 5.16. The van der Waals surface area contributed by atoms with E-state index >= 15 is 0 Å². The molecule has 1 aromatic carbocycles. The predicted molar refractivity (Wildman–Crippen MR) is 60.7 cm³/mol. The molecule has 0 aliphatic rings. The Balaban J connectivity index is 3.17. The Morgan fingerprint density at radius 1 is 1.33 bits per heavy atom. The molecule has 0 aliphatic carbocycles. The summed E-state index contributed by atoms with van der Waals surface area (Å²) in [5.41, 5.74) is -5.13. The highest BCUT2D eigenvalue weighted by Gasteiger charge is 2.48. The van der Waals surface area contributed by atoms with Crippen LogP contribution in [0.25, 0.3) is 0 Å². The summed E-state index contributed by atoms with van der Waals surface area (Å²) >= 11 is 0. The molecule has 0 saturated heterocycles. The van der Waals surface area contributed by atoms with Gasteiger partial charge in [-0.25, -0.2) is 0 Å². The largest absolute Gasteiger partial charge is 0.534 e. The van der Waals surface area contributed by atoms with Gasteiger partial charge >= 0.3 is 15.6 Å². The van der Waals surface area contributed by atoms with Gasteiger partial charge in [-0.05, 0) is 6.07 Å². The number of hydrogen-bond donors (Lipinski definition) is 0. The average molecular weight is 280 g/mol. The van der Waals surface area contributed by atoms with Crippen LogP contribution in [0.3, 0.4) is 0 Å². The molecule has 0 bridgehead atoms. The Morgan fingerprint density at radius 3 is 2.39 bits per heavy atom. The molecule has 7 heteroatoms. The van der Waals surface area contributed by atoms with Crippen LogP contribution in [0.4, 0.5) is 13.2 Å². The third kappa shape index (κ3) is 3.04. The SMILES string of the molecule is C=C[C@@H](C)c1ccccc1OS(=O)(=O)C(F)(F)F. The normalized spacial score (nSPS) is 14.0. The Labute approximate surface area is 103 Å². The van der Waals surface area contributed by atoms with Gasteiger partial charge in [0.1, 0.15) is 5.75 Å². The van der Waals surface area contributed by atoms with Crippen LogP contribution >= 0.6 is 0 Å². The molecule has 3 nitrogen and oxygen atoms in total. The first-order valence-electron chi connectivity index (χ1n) is 4.91. The highest BCUT2D eigenvalue weighted by Crippen LogP contribution is 2.32. The van der Waals surface area contributed by atoms with Gasteiger partial charge in [0.05, 0.1) is 0 Å². The summed E-state index contributed by atoms with van der Waals surface area (Å²) in [5.74, 6) is -0.674. The van der Waals surface area contributed by atoms with Gasteiger partial charge in [-0.3, -0.25) is 0 Å². The number of benzene rings is 1. The molecule has 1 aromatic rings. The fourth-order valence-corrected chi connectivity index (χ4v) is 1.71. The fraction of sp³-hybridized carbons (Fsp3) is 0.273. The molecule has 1 atom stereocenters. The summed E-state index contributed by atoms with van der Waals surface area (Å²) in [7, 11) is -5.65. The molecule has 0 heterocycles. The quantitative estimate of drug-likeness (QED) is 0.483. The van der Waals surface area contributed by atoms with E-state index in [0.29, 0.717) is 5.56 Å². The first kappa shape index (κ1) is 14.6. The minimum atomic E-state index is -5.65.